The molecule has 0 bridgehead atoms. The number of piperidine rings is 1. The summed E-state index contributed by atoms with van der Waals surface area (Å²) >= 11 is 0. The first-order chi connectivity index (χ1) is 9.72. The summed E-state index contributed by atoms with van der Waals surface area (Å²) in [6, 6.07) is 2.13. The molecule has 0 atom stereocenters. The Bertz CT molecular complexity index is 519. The van der Waals surface area contributed by atoms with Gasteiger partial charge in [0.05, 0.1) is 12.2 Å². The van der Waals surface area contributed by atoms with Crippen LogP contribution >= 0.6 is 0 Å². The van der Waals surface area contributed by atoms with Crippen molar-refractivity contribution in [1.29, 1.82) is 5.26 Å². The molecule has 3 rings (SSSR count). The molecule has 2 saturated heterocycles. The van der Waals surface area contributed by atoms with Gasteiger partial charge in [-0.1, -0.05) is 0 Å². The average molecular weight is 273 g/mol. The van der Waals surface area contributed by atoms with Gasteiger partial charge in [-0.2, -0.15) is 5.26 Å². The van der Waals surface area contributed by atoms with E-state index < -0.39 is 0 Å². The number of morpholine rings is 1. The highest BCUT2D eigenvalue weighted by Crippen LogP contribution is 2.31. The van der Waals surface area contributed by atoms with Crippen LogP contribution in [0.1, 0.15) is 18.5 Å². The molecule has 0 amide bonds. The van der Waals surface area contributed by atoms with Crippen LogP contribution in [0.25, 0.3) is 0 Å². The van der Waals surface area contributed by atoms with E-state index in [9.17, 15) is 0 Å². The first-order valence-electron chi connectivity index (χ1n) is 7.01. The van der Waals surface area contributed by atoms with Gasteiger partial charge in [0, 0.05) is 38.6 Å². The number of nitriles is 1. The van der Waals surface area contributed by atoms with Crippen molar-refractivity contribution in [3.63, 3.8) is 0 Å². The van der Waals surface area contributed by atoms with Crippen LogP contribution in [0.15, 0.2) is 12.4 Å². The molecule has 6 nitrogen and oxygen atoms in total. The van der Waals surface area contributed by atoms with Crippen molar-refractivity contribution in [3.8, 4) is 6.07 Å². The van der Waals surface area contributed by atoms with Crippen LogP contribution < -0.4 is 4.90 Å². The largest absolute Gasteiger partial charge is 0.371 e. The van der Waals surface area contributed by atoms with Crippen LogP contribution in [0.4, 0.5) is 5.82 Å². The molecule has 6 heteroatoms. The smallest absolute Gasteiger partial charge is 0.183 e. The van der Waals surface area contributed by atoms with Gasteiger partial charge in [-0.3, -0.25) is 0 Å². The molecular weight excluding hydrogens is 254 g/mol. The number of likely N-dealkylation sites (tertiary alicyclic amines) is 1. The Hall–Kier alpha value is -1.71. The van der Waals surface area contributed by atoms with Crippen LogP contribution in [0.3, 0.4) is 0 Å². The number of aromatic nitrogens is 2. The maximum Gasteiger partial charge on any atom is 0.183 e. The molecule has 1 spiro atoms. The minimum atomic E-state index is -0.0883. The lowest BCUT2D eigenvalue weighted by Crippen LogP contribution is -2.56. The van der Waals surface area contributed by atoms with Crippen LogP contribution in [-0.2, 0) is 4.74 Å². The molecule has 0 saturated carbocycles. The Balaban J connectivity index is 1.80. The third-order valence-electron chi connectivity index (χ3n) is 4.23. The Morgan fingerprint density at radius 1 is 1.25 bits per heavy atom. The highest BCUT2D eigenvalue weighted by atomic mass is 16.5. The lowest BCUT2D eigenvalue weighted by Gasteiger charge is -2.47. The maximum atomic E-state index is 9.17. The first-order valence-corrected chi connectivity index (χ1v) is 7.01. The predicted molar refractivity (Wildman–Crippen MR) is 74.4 cm³/mol. The highest BCUT2D eigenvalue weighted by molar-refractivity contribution is 5.50. The summed E-state index contributed by atoms with van der Waals surface area (Å²) in [7, 11) is 2.14. The maximum absolute atomic E-state index is 9.17. The third-order valence-corrected chi connectivity index (χ3v) is 4.23. The molecule has 2 fully saturated rings. The van der Waals surface area contributed by atoms with Crippen LogP contribution in [0.5, 0.6) is 0 Å². The van der Waals surface area contributed by atoms with Gasteiger partial charge in [-0.25, -0.2) is 9.97 Å². The minimum Gasteiger partial charge on any atom is -0.371 e. The summed E-state index contributed by atoms with van der Waals surface area (Å²) in [4.78, 5) is 12.9. The number of rotatable bonds is 1. The Kier molecular flexibility index (Phi) is 3.55. The van der Waals surface area contributed by atoms with E-state index in [0.717, 1.165) is 39.0 Å². The number of hydrogen-bond donors (Lipinski definition) is 0. The lowest BCUT2D eigenvalue weighted by atomic mass is 9.89. The summed E-state index contributed by atoms with van der Waals surface area (Å²) in [6.07, 6.45) is 5.27. The monoisotopic (exact) mass is 273 g/mol. The van der Waals surface area contributed by atoms with Crippen molar-refractivity contribution in [2.24, 2.45) is 0 Å². The first kappa shape index (κ1) is 13.3. The van der Waals surface area contributed by atoms with Crippen LogP contribution in [0.2, 0.25) is 0 Å². The zero-order valence-electron chi connectivity index (χ0n) is 11.7. The molecule has 20 heavy (non-hydrogen) atoms. The zero-order valence-corrected chi connectivity index (χ0v) is 11.7. The fraction of sp³-hybridized carbons (Fsp3) is 0.643. The van der Waals surface area contributed by atoms with E-state index in [-0.39, 0.29) is 5.60 Å². The second-order valence-electron chi connectivity index (χ2n) is 5.60. The summed E-state index contributed by atoms with van der Waals surface area (Å²) in [5.74, 6) is 0.691. The number of ether oxygens (including phenoxy) is 1. The fourth-order valence-electron chi connectivity index (χ4n) is 3.00. The molecule has 0 aliphatic carbocycles. The highest BCUT2D eigenvalue weighted by Gasteiger charge is 2.39. The van der Waals surface area contributed by atoms with Gasteiger partial charge >= 0.3 is 0 Å². The lowest BCUT2D eigenvalue weighted by molar-refractivity contribution is -0.0884. The Morgan fingerprint density at radius 2 is 2.00 bits per heavy atom. The molecule has 1 aromatic rings. The molecule has 2 aliphatic rings. The van der Waals surface area contributed by atoms with Gasteiger partial charge in [0.15, 0.2) is 11.5 Å². The van der Waals surface area contributed by atoms with E-state index in [0.29, 0.717) is 18.1 Å². The van der Waals surface area contributed by atoms with E-state index in [1.807, 2.05) is 0 Å². The fourth-order valence-corrected chi connectivity index (χ4v) is 3.00. The van der Waals surface area contributed by atoms with Crippen molar-refractivity contribution in [3.05, 3.63) is 18.1 Å². The average Bonchev–Trinajstić information content (AvgIpc) is 2.51. The summed E-state index contributed by atoms with van der Waals surface area (Å²) < 4.78 is 6.08. The van der Waals surface area contributed by atoms with Crippen molar-refractivity contribution in [1.82, 2.24) is 14.9 Å². The molecule has 0 N–H and O–H groups in total. The van der Waals surface area contributed by atoms with Gasteiger partial charge in [-0.15, -0.1) is 0 Å². The van der Waals surface area contributed by atoms with E-state index in [1.54, 1.807) is 12.4 Å². The standard InChI is InChI=1S/C14H19N5O/c1-18-6-2-14(3-7-18)11-19(8-9-20-14)13-12(10-15)16-4-5-17-13/h4-5H,2-3,6-9,11H2,1H3. The normalized spacial score (nSPS) is 22.7. The van der Waals surface area contributed by atoms with Gasteiger partial charge in [-0.05, 0) is 19.9 Å². The van der Waals surface area contributed by atoms with Gasteiger partial charge in [0.2, 0.25) is 0 Å². The van der Waals surface area contributed by atoms with Crippen molar-refractivity contribution in [2.75, 3.05) is 44.7 Å². The minimum absolute atomic E-state index is 0.0883. The topological polar surface area (TPSA) is 65.3 Å². The van der Waals surface area contributed by atoms with E-state index in [2.05, 4.69) is 32.9 Å². The van der Waals surface area contributed by atoms with Gasteiger partial charge in [0.25, 0.3) is 0 Å². The second-order valence-corrected chi connectivity index (χ2v) is 5.60. The summed E-state index contributed by atoms with van der Waals surface area (Å²) in [5, 5.41) is 9.17. The predicted octanol–water partition coefficient (Wildman–Crippen LogP) is 0.649. The zero-order chi connectivity index (χ0) is 14.0. The summed E-state index contributed by atoms with van der Waals surface area (Å²) in [5.41, 5.74) is 0.312. The van der Waals surface area contributed by atoms with E-state index in [4.69, 9.17) is 10.00 Å². The van der Waals surface area contributed by atoms with Crippen LogP contribution in [-0.4, -0.2) is 60.3 Å². The second kappa shape index (κ2) is 5.35. The molecule has 2 aliphatic heterocycles. The van der Waals surface area contributed by atoms with Gasteiger partial charge in [0.1, 0.15) is 6.07 Å². The SMILES string of the molecule is CN1CCC2(CC1)CN(c1nccnc1C#N)CCO2. The number of nitrogens with zero attached hydrogens (tertiary/aromatic N) is 5. The van der Waals surface area contributed by atoms with Crippen molar-refractivity contribution < 1.29 is 4.74 Å². The van der Waals surface area contributed by atoms with E-state index >= 15 is 0 Å². The Labute approximate surface area is 119 Å². The molecule has 0 radical (unpaired) electrons. The summed E-state index contributed by atoms with van der Waals surface area (Å²) in [6.45, 7) is 4.36. The van der Waals surface area contributed by atoms with E-state index in [1.165, 1.54) is 0 Å². The van der Waals surface area contributed by atoms with Gasteiger partial charge < -0.3 is 14.5 Å². The van der Waals surface area contributed by atoms with Crippen molar-refractivity contribution >= 4 is 5.82 Å². The third kappa shape index (κ3) is 2.47. The molecular formula is C14H19N5O. The Morgan fingerprint density at radius 3 is 2.75 bits per heavy atom. The molecule has 106 valence electrons. The molecule has 3 heterocycles. The number of anilines is 1. The van der Waals surface area contributed by atoms with Crippen molar-refractivity contribution in [2.45, 2.75) is 18.4 Å². The van der Waals surface area contributed by atoms with Crippen LogP contribution in [0, 0.1) is 11.3 Å². The quantitative estimate of drug-likeness (QED) is 0.748. The molecule has 0 unspecified atom stereocenters. The molecule has 0 aromatic carbocycles. The molecule has 1 aromatic heterocycles. The number of hydrogen-bond acceptors (Lipinski definition) is 6.